The second-order valence-electron chi connectivity index (χ2n) is 4.31. The summed E-state index contributed by atoms with van der Waals surface area (Å²) in [7, 11) is 0. The van der Waals surface area contributed by atoms with Crippen molar-refractivity contribution < 1.29 is 0 Å². The molecule has 0 aliphatic heterocycles. The molecule has 3 heterocycles. The summed E-state index contributed by atoms with van der Waals surface area (Å²) in [6.07, 6.45) is 4.39. The molecule has 0 aromatic carbocycles. The Morgan fingerprint density at radius 1 is 1.36 bits per heavy atom. The molecule has 0 aliphatic carbocycles. The standard InChI is InChI=1S/C13H8BrN5O2S/c14-9-6-8-11(22-9)12(20)19(10-7-16-3-4-17-10)13(21)18(8)5-1-2-15/h3-4,6-7H,1,5H2. The van der Waals surface area contributed by atoms with Gasteiger partial charge in [0.25, 0.3) is 5.56 Å². The van der Waals surface area contributed by atoms with Crippen molar-refractivity contribution in [2.45, 2.75) is 13.0 Å². The van der Waals surface area contributed by atoms with Crippen LogP contribution in [0.3, 0.4) is 0 Å². The number of nitrogens with zero attached hydrogens (tertiary/aromatic N) is 5. The topological polar surface area (TPSA) is 93.6 Å². The smallest absolute Gasteiger partial charge is 0.291 e. The summed E-state index contributed by atoms with van der Waals surface area (Å²) >= 11 is 4.56. The van der Waals surface area contributed by atoms with Crippen LogP contribution in [-0.4, -0.2) is 19.1 Å². The van der Waals surface area contributed by atoms with Crippen molar-refractivity contribution >= 4 is 37.5 Å². The summed E-state index contributed by atoms with van der Waals surface area (Å²) in [5, 5.41) is 8.77. The number of hydrogen-bond donors (Lipinski definition) is 0. The molecule has 110 valence electrons. The number of hydrogen-bond acceptors (Lipinski definition) is 6. The van der Waals surface area contributed by atoms with Gasteiger partial charge in [0.1, 0.15) is 4.70 Å². The van der Waals surface area contributed by atoms with Crippen LogP contribution in [0.2, 0.25) is 0 Å². The summed E-state index contributed by atoms with van der Waals surface area (Å²) in [5.41, 5.74) is -0.453. The maximum atomic E-state index is 12.7. The van der Waals surface area contributed by atoms with Gasteiger partial charge in [-0.1, -0.05) is 0 Å². The van der Waals surface area contributed by atoms with E-state index < -0.39 is 11.2 Å². The minimum atomic E-state index is -0.529. The lowest BCUT2D eigenvalue weighted by molar-refractivity contribution is 0.658. The van der Waals surface area contributed by atoms with Gasteiger partial charge in [0.05, 0.1) is 28.0 Å². The van der Waals surface area contributed by atoms with Crippen molar-refractivity contribution in [1.82, 2.24) is 19.1 Å². The van der Waals surface area contributed by atoms with Gasteiger partial charge in [-0.3, -0.25) is 14.3 Å². The molecule has 22 heavy (non-hydrogen) atoms. The summed E-state index contributed by atoms with van der Waals surface area (Å²) in [5.74, 6) is 0.162. The number of fused-ring (bicyclic) bond motifs is 1. The molecule has 0 atom stereocenters. The number of aryl methyl sites for hydroxylation is 1. The van der Waals surface area contributed by atoms with E-state index in [1.807, 2.05) is 6.07 Å². The van der Waals surface area contributed by atoms with Gasteiger partial charge in [-0.05, 0) is 22.0 Å². The van der Waals surface area contributed by atoms with Crippen LogP contribution in [0.1, 0.15) is 6.42 Å². The SMILES string of the molecule is N#CCCn1c(=O)n(-c2cnccn2)c(=O)c2sc(Br)cc21. The number of halogens is 1. The zero-order chi connectivity index (χ0) is 15.7. The van der Waals surface area contributed by atoms with Crippen molar-refractivity contribution in [3.63, 3.8) is 0 Å². The molecule has 3 aromatic rings. The third-order valence-corrected chi connectivity index (χ3v) is 4.63. The van der Waals surface area contributed by atoms with Gasteiger partial charge < -0.3 is 0 Å². The fraction of sp³-hybridized carbons (Fsp3) is 0.154. The average molecular weight is 378 g/mol. The Morgan fingerprint density at radius 3 is 2.86 bits per heavy atom. The first kappa shape index (κ1) is 14.6. The van der Waals surface area contributed by atoms with Gasteiger partial charge in [0.15, 0.2) is 5.82 Å². The molecule has 0 bridgehead atoms. The van der Waals surface area contributed by atoms with Crippen molar-refractivity contribution in [3.05, 3.63) is 49.3 Å². The van der Waals surface area contributed by atoms with E-state index >= 15 is 0 Å². The molecule has 0 spiro atoms. The Balaban J connectivity index is 2.41. The molecule has 0 fully saturated rings. The second-order valence-corrected chi connectivity index (χ2v) is 6.74. The van der Waals surface area contributed by atoms with E-state index in [1.54, 1.807) is 6.07 Å². The lowest BCUT2D eigenvalue weighted by atomic mass is 10.4. The number of aromatic nitrogens is 4. The first-order valence-corrected chi connectivity index (χ1v) is 7.82. The Hall–Kier alpha value is -2.31. The molecular formula is C13H8BrN5O2S. The van der Waals surface area contributed by atoms with Gasteiger partial charge in [0.2, 0.25) is 0 Å². The average Bonchev–Trinajstić information content (AvgIpc) is 2.90. The van der Waals surface area contributed by atoms with Crippen LogP contribution in [0.15, 0.2) is 38.0 Å². The van der Waals surface area contributed by atoms with E-state index in [-0.39, 0.29) is 18.8 Å². The third kappa shape index (κ3) is 2.36. The van der Waals surface area contributed by atoms with Crippen LogP contribution in [0.5, 0.6) is 0 Å². The molecule has 3 rings (SSSR count). The number of rotatable bonds is 3. The van der Waals surface area contributed by atoms with E-state index in [0.717, 1.165) is 8.35 Å². The Kier molecular flexibility index (Phi) is 3.87. The highest BCUT2D eigenvalue weighted by atomic mass is 79.9. The minimum absolute atomic E-state index is 0.162. The zero-order valence-corrected chi connectivity index (χ0v) is 13.5. The quantitative estimate of drug-likeness (QED) is 0.691. The lowest BCUT2D eigenvalue weighted by Gasteiger charge is -2.09. The number of thiophene rings is 1. The van der Waals surface area contributed by atoms with Gasteiger partial charge in [-0.2, -0.15) is 5.26 Å². The molecule has 0 N–H and O–H groups in total. The first-order valence-electron chi connectivity index (χ1n) is 6.21. The molecule has 0 aliphatic rings. The Bertz CT molecular complexity index is 999. The Morgan fingerprint density at radius 2 is 2.18 bits per heavy atom. The fourth-order valence-electron chi connectivity index (χ4n) is 2.10. The van der Waals surface area contributed by atoms with Gasteiger partial charge in [-0.25, -0.2) is 14.3 Å². The molecule has 0 amide bonds. The monoisotopic (exact) mass is 377 g/mol. The highest BCUT2D eigenvalue weighted by molar-refractivity contribution is 9.11. The lowest BCUT2D eigenvalue weighted by Crippen LogP contribution is -2.39. The van der Waals surface area contributed by atoms with Crippen LogP contribution in [-0.2, 0) is 6.54 Å². The predicted octanol–water partition coefficient (Wildman–Crippen LogP) is 1.68. The maximum absolute atomic E-state index is 12.7. The molecule has 9 heteroatoms. The van der Waals surface area contributed by atoms with E-state index in [0.29, 0.717) is 10.2 Å². The van der Waals surface area contributed by atoms with Gasteiger partial charge in [0, 0.05) is 18.9 Å². The van der Waals surface area contributed by atoms with Crippen LogP contribution in [0.4, 0.5) is 0 Å². The molecule has 0 unspecified atom stereocenters. The third-order valence-electron chi connectivity index (χ3n) is 3.02. The van der Waals surface area contributed by atoms with E-state index in [4.69, 9.17) is 5.26 Å². The van der Waals surface area contributed by atoms with Crippen molar-refractivity contribution in [3.8, 4) is 11.9 Å². The van der Waals surface area contributed by atoms with Gasteiger partial charge >= 0.3 is 5.69 Å². The van der Waals surface area contributed by atoms with E-state index in [9.17, 15) is 9.59 Å². The largest absolute Gasteiger partial charge is 0.337 e. The molecule has 3 aromatic heterocycles. The van der Waals surface area contributed by atoms with Gasteiger partial charge in [-0.15, -0.1) is 11.3 Å². The predicted molar refractivity (Wildman–Crippen MR) is 85.2 cm³/mol. The molecule has 7 nitrogen and oxygen atoms in total. The summed E-state index contributed by atoms with van der Waals surface area (Å²) in [6, 6.07) is 3.71. The fourth-order valence-corrected chi connectivity index (χ4v) is 3.63. The highest BCUT2D eigenvalue weighted by Gasteiger charge is 2.17. The van der Waals surface area contributed by atoms with Crippen LogP contribution >= 0.6 is 27.3 Å². The van der Waals surface area contributed by atoms with Crippen LogP contribution in [0, 0.1) is 11.3 Å². The molecular weight excluding hydrogens is 370 g/mol. The van der Waals surface area contributed by atoms with Crippen molar-refractivity contribution in [2.24, 2.45) is 0 Å². The second kappa shape index (κ2) is 5.82. The minimum Gasteiger partial charge on any atom is -0.291 e. The molecule has 0 radical (unpaired) electrons. The first-order chi connectivity index (χ1) is 10.6. The molecule has 0 saturated carbocycles. The summed E-state index contributed by atoms with van der Waals surface area (Å²) < 4.78 is 3.56. The van der Waals surface area contributed by atoms with Crippen LogP contribution < -0.4 is 11.2 Å². The highest BCUT2D eigenvalue weighted by Crippen LogP contribution is 2.26. The Labute approximate surface area is 136 Å². The van der Waals surface area contributed by atoms with E-state index in [1.165, 1.54) is 34.5 Å². The maximum Gasteiger partial charge on any atom is 0.337 e. The number of nitriles is 1. The van der Waals surface area contributed by atoms with Crippen molar-refractivity contribution in [2.75, 3.05) is 0 Å². The summed E-state index contributed by atoms with van der Waals surface area (Å²) in [4.78, 5) is 33.2. The van der Waals surface area contributed by atoms with E-state index in [2.05, 4.69) is 25.9 Å². The molecule has 0 saturated heterocycles. The summed E-state index contributed by atoms with van der Waals surface area (Å²) in [6.45, 7) is 0.204. The van der Waals surface area contributed by atoms with Crippen LogP contribution in [0.25, 0.3) is 16.0 Å². The van der Waals surface area contributed by atoms with Crippen molar-refractivity contribution in [1.29, 1.82) is 5.26 Å². The zero-order valence-electron chi connectivity index (χ0n) is 11.1. The normalized spacial score (nSPS) is 10.7.